The number of halogens is 1. The second-order valence-electron chi connectivity index (χ2n) is 6.49. The molecule has 1 saturated heterocycles. The number of nitrogens with zero attached hydrogens (tertiary/aromatic N) is 1. The van der Waals surface area contributed by atoms with Gasteiger partial charge in [0.05, 0.1) is 12.8 Å². The Morgan fingerprint density at radius 3 is 2.40 bits per heavy atom. The number of hydrogen-bond donors (Lipinski definition) is 2. The number of benzene rings is 2. The van der Waals surface area contributed by atoms with Gasteiger partial charge in [0, 0.05) is 21.8 Å². The van der Waals surface area contributed by atoms with Gasteiger partial charge in [-0.15, -0.1) is 0 Å². The molecule has 1 heterocycles. The number of amidine groups is 1. The maximum Gasteiger partial charge on any atom is 0.414 e. The number of carbonyl (C=O) groups is 2. The fraction of sp³-hybridized carbons (Fsp3) is 0.211. The summed E-state index contributed by atoms with van der Waals surface area (Å²) in [5, 5.41) is 11.1. The molecule has 0 spiro atoms. The average molecular weight is 452 g/mol. The molecule has 0 aliphatic carbocycles. The molecule has 2 aromatic carbocycles. The summed E-state index contributed by atoms with van der Waals surface area (Å²) in [4.78, 5) is 25.6. The number of nitrogens with one attached hydrogen (secondary N) is 2. The summed E-state index contributed by atoms with van der Waals surface area (Å²) in [6, 6.07) is 12.6. The number of carbonyl (C=O) groups excluding carboxylic acids is 2. The van der Waals surface area contributed by atoms with E-state index in [1.54, 1.807) is 48.5 Å². The molecule has 1 aliphatic rings. The molecular weight excluding hydrogens is 434 g/mol. The minimum absolute atomic E-state index is 0.107. The van der Waals surface area contributed by atoms with Crippen LogP contribution in [0.4, 0.5) is 10.5 Å². The predicted molar refractivity (Wildman–Crippen MR) is 111 cm³/mol. The van der Waals surface area contributed by atoms with Crippen LogP contribution in [0.5, 0.6) is 0 Å². The lowest BCUT2D eigenvalue weighted by molar-refractivity contribution is 0.0976. The van der Waals surface area contributed by atoms with Gasteiger partial charge >= 0.3 is 6.09 Å². The molecule has 2 aromatic rings. The topological polar surface area (TPSA) is 126 Å². The lowest BCUT2D eigenvalue weighted by Gasteiger charge is -2.14. The van der Waals surface area contributed by atoms with Crippen molar-refractivity contribution < 1.29 is 26.9 Å². The minimum Gasteiger partial charge on any atom is -0.441 e. The smallest absolute Gasteiger partial charge is 0.414 e. The van der Waals surface area contributed by atoms with Crippen molar-refractivity contribution >= 4 is 45.2 Å². The molecule has 2 amide bonds. The first-order chi connectivity index (χ1) is 14.1. The van der Waals surface area contributed by atoms with Gasteiger partial charge in [-0.25, -0.2) is 4.79 Å². The largest absolute Gasteiger partial charge is 0.441 e. The summed E-state index contributed by atoms with van der Waals surface area (Å²) in [6.45, 7) is -0.140. The number of rotatable bonds is 6. The Morgan fingerprint density at radius 2 is 1.80 bits per heavy atom. The molecule has 3 rings (SSSR count). The van der Waals surface area contributed by atoms with Crippen LogP contribution in [0, 0.1) is 5.41 Å². The van der Waals surface area contributed by atoms with E-state index in [1.807, 2.05) is 0 Å². The number of amides is 2. The van der Waals surface area contributed by atoms with Crippen molar-refractivity contribution in [3.63, 3.8) is 0 Å². The molecule has 1 atom stereocenters. The molecule has 1 aliphatic heterocycles. The predicted octanol–water partition coefficient (Wildman–Crippen LogP) is 2.40. The van der Waals surface area contributed by atoms with E-state index in [4.69, 9.17) is 21.7 Å². The lowest BCUT2D eigenvalue weighted by atomic mass is 10.1. The molecule has 0 saturated carbocycles. The molecule has 0 radical (unpaired) electrons. The van der Waals surface area contributed by atoms with E-state index >= 15 is 0 Å². The Labute approximate surface area is 178 Å². The van der Waals surface area contributed by atoms with Crippen LogP contribution in [0.25, 0.3) is 0 Å². The molecular formula is C19H18ClN3O6S. The van der Waals surface area contributed by atoms with Crippen molar-refractivity contribution in [1.82, 2.24) is 5.32 Å². The Bertz CT molecular complexity index is 1070. The van der Waals surface area contributed by atoms with E-state index in [1.165, 1.54) is 4.90 Å². The third-order valence-corrected chi connectivity index (χ3v) is 4.97. The van der Waals surface area contributed by atoms with Crippen LogP contribution in [0.2, 0.25) is 5.02 Å². The second kappa shape index (κ2) is 8.82. The lowest BCUT2D eigenvalue weighted by Crippen LogP contribution is -2.30. The molecule has 11 heteroatoms. The van der Waals surface area contributed by atoms with Crippen LogP contribution in [-0.2, 0) is 19.0 Å². The standard InChI is InChI=1S/C19H18ClN3O6S/c1-30(26,27)28-11-16-10-23(19(25)29-16)15-8-4-12(5-9-15)17(21)22-18(24)13-2-6-14(20)7-3-13/h2-9,16H,10-11H2,1H3,(H2,21,22,24). The minimum atomic E-state index is -3.63. The van der Waals surface area contributed by atoms with Crippen molar-refractivity contribution in [3.05, 3.63) is 64.7 Å². The van der Waals surface area contributed by atoms with Gasteiger partial charge in [0.1, 0.15) is 18.5 Å². The Morgan fingerprint density at radius 1 is 1.20 bits per heavy atom. The quantitative estimate of drug-likeness (QED) is 0.394. The van der Waals surface area contributed by atoms with Crippen LogP contribution < -0.4 is 10.2 Å². The highest BCUT2D eigenvalue weighted by Crippen LogP contribution is 2.22. The zero-order valence-electron chi connectivity index (χ0n) is 15.8. The molecule has 158 valence electrons. The van der Waals surface area contributed by atoms with E-state index in [9.17, 15) is 18.0 Å². The summed E-state index contributed by atoms with van der Waals surface area (Å²) < 4.78 is 31.9. The number of cyclic esters (lactones) is 1. The first-order valence-corrected chi connectivity index (χ1v) is 10.9. The summed E-state index contributed by atoms with van der Waals surface area (Å²) in [5.41, 5.74) is 1.30. The van der Waals surface area contributed by atoms with E-state index in [0.29, 0.717) is 21.8 Å². The molecule has 1 fully saturated rings. The van der Waals surface area contributed by atoms with Crippen LogP contribution in [0.1, 0.15) is 15.9 Å². The highest BCUT2D eigenvalue weighted by Gasteiger charge is 2.33. The van der Waals surface area contributed by atoms with Gasteiger partial charge in [0.15, 0.2) is 0 Å². The van der Waals surface area contributed by atoms with Crippen LogP contribution in [0.3, 0.4) is 0 Å². The van der Waals surface area contributed by atoms with Gasteiger partial charge in [-0.2, -0.15) is 8.42 Å². The maximum absolute atomic E-state index is 12.2. The fourth-order valence-corrected chi connectivity index (χ4v) is 3.21. The van der Waals surface area contributed by atoms with E-state index in [0.717, 1.165) is 6.26 Å². The molecule has 2 N–H and O–H groups in total. The van der Waals surface area contributed by atoms with Crippen LogP contribution in [-0.4, -0.2) is 51.8 Å². The third kappa shape index (κ3) is 5.56. The average Bonchev–Trinajstić information content (AvgIpc) is 3.07. The summed E-state index contributed by atoms with van der Waals surface area (Å²) in [7, 11) is -3.63. The van der Waals surface area contributed by atoms with Gasteiger partial charge in [-0.05, 0) is 48.5 Å². The molecule has 0 bridgehead atoms. The van der Waals surface area contributed by atoms with Crippen molar-refractivity contribution in [2.45, 2.75) is 6.10 Å². The van der Waals surface area contributed by atoms with Crippen molar-refractivity contribution in [3.8, 4) is 0 Å². The molecule has 30 heavy (non-hydrogen) atoms. The maximum atomic E-state index is 12.2. The zero-order chi connectivity index (χ0) is 21.9. The second-order valence-corrected chi connectivity index (χ2v) is 8.57. The van der Waals surface area contributed by atoms with Gasteiger partial charge < -0.3 is 10.1 Å². The van der Waals surface area contributed by atoms with Gasteiger partial charge in [0.2, 0.25) is 0 Å². The Kier molecular flexibility index (Phi) is 6.40. The first kappa shape index (κ1) is 21.8. The van der Waals surface area contributed by atoms with Crippen molar-refractivity contribution in [1.29, 1.82) is 5.41 Å². The molecule has 9 nitrogen and oxygen atoms in total. The van der Waals surface area contributed by atoms with Crippen molar-refractivity contribution in [2.75, 3.05) is 24.3 Å². The summed E-state index contributed by atoms with van der Waals surface area (Å²) in [6.07, 6.45) is -0.430. The number of hydrogen-bond acceptors (Lipinski definition) is 7. The van der Waals surface area contributed by atoms with E-state index in [2.05, 4.69) is 9.50 Å². The highest BCUT2D eigenvalue weighted by molar-refractivity contribution is 7.85. The molecule has 1 unspecified atom stereocenters. The fourth-order valence-electron chi connectivity index (χ4n) is 2.69. The monoisotopic (exact) mass is 451 g/mol. The van der Waals surface area contributed by atoms with Crippen LogP contribution >= 0.6 is 11.6 Å². The SMILES string of the molecule is CS(=O)(=O)OCC1CN(c2ccc(C(=N)NC(=O)c3ccc(Cl)cc3)cc2)C(=O)O1. The Balaban J connectivity index is 1.61. The normalized spacial score (nSPS) is 16.3. The Hall–Kier alpha value is -2.95. The summed E-state index contributed by atoms with van der Waals surface area (Å²) in [5.74, 6) is -0.553. The van der Waals surface area contributed by atoms with Crippen LogP contribution in [0.15, 0.2) is 48.5 Å². The third-order valence-electron chi connectivity index (χ3n) is 4.15. The molecule has 0 aromatic heterocycles. The zero-order valence-corrected chi connectivity index (χ0v) is 17.4. The summed E-state index contributed by atoms with van der Waals surface area (Å²) >= 11 is 5.80. The first-order valence-electron chi connectivity index (χ1n) is 8.71. The van der Waals surface area contributed by atoms with E-state index < -0.39 is 28.2 Å². The van der Waals surface area contributed by atoms with Gasteiger partial charge in [0.25, 0.3) is 16.0 Å². The van der Waals surface area contributed by atoms with Gasteiger partial charge in [-0.3, -0.25) is 19.3 Å². The number of ether oxygens (including phenoxy) is 1. The number of anilines is 1. The van der Waals surface area contributed by atoms with Crippen molar-refractivity contribution in [2.24, 2.45) is 0 Å². The highest BCUT2D eigenvalue weighted by atomic mass is 35.5. The van der Waals surface area contributed by atoms with E-state index in [-0.39, 0.29) is 19.0 Å². The van der Waals surface area contributed by atoms with Gasteiger partial charge in [-0.1, -0.05) is 11.6 Å².